The van der Waals surface area contributed by atoms with E-state index in [4.69, 9.17) is 0 Å². The van der Waals surface area contributed by atoms with Crippen LogP contribution in [0, 0.1) is 5.41 Å². The zero-order chi connectivity index (χ0) is 11.6. The van der Waals surface area contributed by atoms with Crippen LogP contribution in [0.2, 0.25) is 0 Å². The first-order chi connectivity index (χ1) is 7.65. The number of ketones is 1. The fraction of sp³-hybridized carbons (Fsp3) is 0.667. The maximum absolute atomic E-state index is 12.4. The number of aromatic nitrogens is 2. The van der Waals surface area contributed by atoms with Crippen LogP contribution in [-0.4, -0.2) is 28.7 Å². The van der Waals surface area contributed by atoms with Gasteiger partial charge in [-0.25, -0.2) is 0 Å². The van der Waals surface area contributed by atoms with Crippen molar-refractivity contribution in [2.75, 3.05) is 13.1 Å². The number of carbonyl (C=O) groups is 1. The van der Waals surface area contributed by atoms with Crippen LogP contribution in [0.25, 0.3) is 0 Å². The van der Waals surface area contributed by atoms with Crippen LogP contribution >= 0.6 is 0 Å². The second kappa shape index (κ2) is 4.37. The van der Waals surface area contributed by atoms with Crippen molar-refractivity contribution in [1.29, 1.82) is 0 Å². The van der Waals surface area contributed by atoms with Gasteiger partial charge in [0, 0.05) is 18.2 Å². The van der Waals surface area contributed by atoms with Crippen LogP contribution in [0.5, 0.6) is 0 Å². The van der Waals surface area contributed by atoms with E-state index in [1.807, 2.05) is 13.1 Å². The number of piperidine rings is 1. The molecule has 0 saturated carbocycles. The molecule has 0 radical (unpaired) electrons. The number of nitrogens with one attached hydrogen (secondary N) is 1. The molecule has 1 N–H and O–H groups in total. The van der Waals surface area contributed by atoms with Gasteiger partial charge in [0.1, 0.15) is 0 Å². The number of hydrogen-bond donors (Lipinski definition) is 1. The summed E-state index contributed by atoms with van der Waals surface area (Å²) in [6.07, 6.45) is 5.39. The largest absolute Gasteiger partial charge is 0.317 e. The van der Waals surface area contributed by atoms with Gasteiger partial charge >= 0.3 is 0 Å². The number of rotatable bonds is 3. The third-order valence-electron chi connectivity index (χ3n) is 3.47. The summed E-state index contributed by atoms with van der Waals surface area (Å²) >= 11 is 0. The van der Waals surface area contributed by atoms with Gasteiger partial charge in [-0.15, -0.1) is 0 Å². The van der Waals surface area contributed by atoms with Gasteiger partial charge in [-0.3, -0.25) is 9.48 Å². The lowest BCUT2D eigenvalue weighted by Crippen LogP contribution is -2.40. The van der Waals surface area contributed by atoms with Crippen molar-refractivity contribution in [2.24, 2.45) is 5.41 Å². The summed E-state index contributed by atoms with van der Waals surface area (Å²) in [7, 11) is 0. The molecule has 88 valence electrons. The smallest absolute Gasteiger partial charge is 0.171 e. The molecule has 0 unspecified atom stereocenters. The SMILES string of the molecule is CCn1cc(C(=O)C2(C)CCNCC2)cn1. The van der Waals surface area contributed by atoms with Gasteiger partial charge in [0.05, 0.1) is 11.8 Å². The van der Waals surface area contributed by atoms with Crippen molar-refractivity contribution >= 4 is 5.78 Å². The zero-order valence-corrected chi connectivity index (χ0v) is 9.99. The first-order valence-electron chi connectivity index (χ1n) is 5.94. The molecule has 0 amide bonds. The second-order valence-corrected chi connectivity index (χ2v) is 4.72. The molecule has 1 aromatic heterocycles. The molecule has 2 heterocycles. The van der Waals surface area contributed by atoms with Gasteiger partial charge < -0.3 is 5.32 Å². The maximum Gasteiger partial charge on any atom is 0.171 e. The van der Waals surface area contributed by atoms with Gasteiger partial charge in [0.25, 0.3) is 0 Å². The van der Waals surface area contributed by atoms with E-state index in [1.54, 1.807) is 10.9 Å². The van der Waals surface area contributed by atoms with Crippen molar-refractivity contribution < 1.29 is 4.79 Å². The molecule has 0 aromatic carbocycles. The number of nitrogens with zero attached hydrogens (tertiary/aromatic N) is 2. The van der Waals surface area contributed by atoms with Crippen LogP contribution in [0.3, 0.4) is 0 Å². The molecular formula is C12H19N3O. The summed E-state index contributed by atoms with van der Waals surface area (Å²) in [5, 5.41) is 7.45. The molecule has 0 bridgehead atoms. The molecule has 1 aliphatic heterocycles. The first kappa shape index (κ1) is 11.3. The first-order valence-corrected chi connectivity index (χ1v) is 5.94. The Morgan fingerprint density at radius 1 is 1.56 bits per heavy atom. The van der Waals surface area contributed by atoms with Crippen molar-refractivity contribution in [2.45, 2.75) is 33.2 Å². The molecule has 0 aliphatic carbocycles. The third-order valence-corrected chi connectivity index (χ3v) is 3.47. The fourth-order valence-electron chi connectivity index (χ4n) is 2.21. The topological polar surface area (TPSA) is 46.9 Å². The Labute approximate surface area is 96.0 Å². The number of carbonyl (C=O) groups excluding carboxylic acids is 1. The van der Waals surface area contributed by atoms with Crippen molar-refractivity contribution in [3.63, 3.8) is 0 Å². The molecule has 0 atom stereocenters. The number of Topliss-reactive ketones (excluding diaryl/α,β-unsaturated/α-hetero) is 1. The highest BCUT2D eigenvalue weighted by molar-refractivity contribution is 6.00. The Kier molecular flexibility index (Phi) is 3.10. The van der Waals surface area contributed by atoms with Crippen LogP contribution in [0.1, 0.15) is 37.0 Å². The predicted octanol–water partition coefficient (Wildman–Crippen LogP) is 1.48. The third kappa shape index (κ3) is 2.02. The lowest BCUT2D eigenvalue weighted by molar-refractivity contribution is 0.0762. The Morgan fingerprint density at radius 2 is 2.25 bits per heavy atom. The number of aryl methyl sites for hydroxylation is 1. The monoisotopic (exact) mass is 221 g/mol. The van der Waals surface area contributed by atoms with Crippen LogP contribution in [-0.2, 0) is 6.54 Å². The average molecular weight is 221 g/mol. The van der Waals surface area contributed by atoms with E-state index in [9.17, 15) is 4.79 Å². The summed E-state index contributed by atoms with van der Waals surface area (Å²) < 4.78 is 1.80. The summed E-state index contributed by atoms with van der Waals surface area (Å²) in [5.41, 5.74) is 0.554. The highest BCUT2D eigenvalue weighted by Gasteiger charge is 2.35. The normalized spacial score (nSPS) is 19.6. The quantitative estimate of drug-likeness (QED) is 0.786. The zero-order valence-electron chi connectivity index (χ0n) is 9.99. The molecular weight excluding hydrogens is 202 g/mol. The molecule has 1 saturated heterocycles. The Bertz CT molecular complexity index is 377. The van der Waals surface area contributed by atoms with Crippen LogP contribution in [0.15, 0.2) is 12.4 Å². The molecule has 0 spiro atoms. The lowest BCUT2D eigenvalue weighted by Gasteiger charge is -2.32. The van der Waals surface area contributed by atoms with E-state index in [2.05, 4.69) is 17.3 Å². The summed E-state index contributed by atoms with van der Waals surface area (Å²) in [5.74, 6) is 0.244. The Morgan fingerprint density at radius 3 is 2.81 bits per heavy atom. The van der Waals surface area contributed by atoms with E-state index in [0.29, 0.717) is 0 Å². The van der Waals surface area contributed by atoms with Gasteiger partial charge in [0.2, 0.25) is 0 Å². The minimum Gasteiger partial charge on any atom is -0.317 e. The molecule has 4 nitrogen and oxygen atoms in total. The van der Waals surface area contributed by atoms with E-state index < -0.39 is 0 Å². The summed E-state index contributed by atoms with van der Waals surface area (Å²) in [6, 6.07) is 0. The molecule has 1 aliphatic rings. The van der Waals surface area contributed by atoms with Gasteiger partial charge in [-0.05, 0) is 32.9 Å². The summed E-state index contributed by atoms with van der Waals surface area (Å²) in [4.78, 5) is 12.4. The molecule has 2 rings (SSSR count). The van der Waals surface area contributed by atoms with E-state index in [-0.39, 0.29) is 11.2 Å². The van der Waals surface area contributed by atoms with Crippen molar-refractivity contribution in [3.8, 4) is 0 Å². The molecule has 4 heteroatoms. The van der Waals surface area contributed by atoms with Crippen molar-refractivity contribution in [3.05, 3.63) is 18.0 Å². The average Bonchev–Trinajstić information content (AvgIpc) is 2.77. The van der Waals surface area contributed by atoms with E-state index in [1.165, 1.54) is 0 Å². The molecule has 1 aromatic rings. The highest BCUT2D eigenvalue weighted by atomic mass is 16.1. The van der Waals surface area contributed by atoms with Crippen molar-refractivity contribution in [1.82, 2.24) is 15.1 Å². The Hall–Kier alpha value is -1.16. The number of hydrogen-bond acceptors (Lipinski definition) is 3. The minimum absolute atomic E-state index is 0.202. The van der Waals surface area contributed by atoms with Crippen LogP contribution in [0.4, 0.5) is 0 Å². The predicted molar refractivity (Wildman–Crippen MR) is 62.4 cm³/mol. The Balaban J connectivity index is 2.17. The standard InChI is InChI=1S/C12H19N3O/c1-3-15-9-10(8-14-15)11(16)12(2)4-6-13-7-5-12/h8-9,13H,3-7H2,1-2H3. The van der Waals surface area contributed by atoms with Gasteiger partial charge in [-0.1, -0.05) is 6.92 Å². The lowest BCUT2D eigenvalue weighted by atomic mass is 9.75. The van der Waals surface area contributed by atoms with E-state index in [0.717, 1.165) is 38.0 Å². The van der Waals surface area contributed by atoms with E-state index >= 15 is 0 Å². The highest BCUT2D eigenvalue weighted by Crippen LogP contribution is 2.31. The van der Waals surface area contributed by atoms with Gasteiger partial charge in [0.15, 0.2) is 5.78 Å². The summed E-state index contributed by atoms with van der Waals surface area (Å²) in [6.45, 7) is 6.77. The second-order valence-electron chi connectivity index (χ2n) is 4.72. The van der Waals surface area contributed by atoms with Crippen LogP contribution < -0.4 is 5.32 Å². The molecule has 16 heavy (non-hydrogen) atoms. The van der Waals surface area contributed by atoms with Gasteiger partial charge in [-0.2, -0.15) is 5.10 Å². The fourth-order valence-corrected chi connectivity index (χ4v) is 2.21. The maximum atomic E-state index is 12.4. The minimum atomic E-state index is -0.202. The molecule has 1 fully saturated rings.